The zero-order valence-electron chi connectivity index (χ0n) is 22.6. The number of rotatable bonds is 21. The average molecular weight is 517 g/mol. The zero-order valence-corrected chi connectivity index (χ0v) is 22.6. The average Bonchev–Trinajstić information content (AvgIpc) is 2.74. The van der Waals surface area contributed by atoms with Gasteiger partial charge in [0, 0.05) is 31.8 Å². The fourth-order valence-corrected chi connectivity index (χ4v) is 3.79. The van der Waals surface area contributed by atoms with Crippen LogP contribution < -0.4 is 11.1 Å². The Labute approximate surface area is 215 Å². The summed E-state index contributed by atoms with van der Waals surface area (Å²) >= 11 is 0. The van der Waals surface area contributed by atoms with Crippen molar-refractivity contribution in [2.75, 3.05) is 6.61 Å². The van der Waals surface area contributed by atoms with E-state index in [1.807, 2.05) is 0 Å². The maximum absolute atomic E-state index is 13.2. The monoisotopic (exact) mass is 516 g/mol. The molecule has 0 saturated heterocycles. The molecule has 0 spiro atoms. The molecular formula is C26H48N2O8. The number of carbonyl (C=O) groups is 4. The lowest BCUT2D eigenvalue weighted by molar-refractivity contribution is -0.139. The van der Waals surface area contributed by atoms with Gasteiger partial charge in [-0.05, 0) is 40.0 Å². The summed E-state index contributed by atoms with van der Waals surface area (Å²) in [6.07, 6.45) is 6.34. The number of hydrogen-bond acceptors (Lipinski definition) is 7. The third-order valence-corrected chi connectivity index (χ3v) is 5.56. The summed E-state index contributed by atoms with van der Waals surface area (Å²) in [6, 6.07) is -1.09. The predicted octanol–water partition coefficient (Wildman–Crippen LogP) is 4.06. The molecule has 10 nitrogen and oxygen atoms in total. The molecular weight excluding hydrogens is 468 g/mol. The molecule has 3 atom stereocenters. The first-order valence-corrected chi connectivity index (χ1v) is 13.2. The standard InChI is InChI=1S/C26H48N2O8/c1-5-6-7-8-9-10-11-12-16-35-23(32)18-19(17-21(27)29)24(33)20(14-13-15-22(30)31)28-25(34)36-26(2,3)4/h19-20,23,32H,5-18H2,1-4H3,(H2,27,29)(H,28,34)(H,30,31)/t19-,20+,23?/m1/s1. The van der Waals surface area contributed by atoms with Crippen molar-refractivity contribution in [1.29, 1.82) is 0 Å². The van der Waals surface area contributed by atoms with Crippen molar-refractivity contribution < 1.29 is 38.9 Å². The molecule has 210 valence electrons. The van der Waals surface area contributed by atoms with E-state index in [1.165, 1.54) is 32.1 Å². The summed E-state index contributed by atoms with van der Waals surface area (Å²) in [5.74, 6) is -3.29. The van der Waals surface area contributed by atoms with Crippen LogP contribution in [-0.2, 0) is 23.9 Å². The largest absolute Gasteiger partial charge is 0.481 e. The molecule has 0 aromatic rings. The van der Waals surface area contributed by atoms with Gasteiger partial charge in [-0.15, -0.1) is 0 Å². The second-order valence-electron chi connectivity index (χ2n) is 10.3. The van der Waals surface area contributed by atoms with Gasteiger partial charge in [0.15, 0.2) is 12.1 Å². The number of unbranched alkanes of at least 4 members (excludes halogenated alkanes) is 7. The first kappa shape index (κ1) is 33.8. The molecule has 0 fully saturated rings. The summed E-state index contributed by atoms with van der Waals surface area (Å²) in [5.41, 5.74) is 4.53. The van der Waals surface area contributed by atoms with Crippen LogP contribution in [0.15, 0.2) is 0 Å². The number of carboxylic acid groups (broad SMARTS) is 1. The van der Waals surface area contributed by atoms with E-state index in [0.717, 1.165) is 19.3 Å². The van der Waals surface area contributed by atoms with E-state index in [0.29, 0.717) is 6.61 Å². The van der Waals surface area contributed by atoms with E-state index in [1.54, 1.807) is 20.8 Å². The van der Waals surface area contributed by atoms with Crippen molar-refractivity contribution in [3.8, 4) is 0 Å². The van der Waals surface area contributed by atoms with Gasteiger partial charge in [-0.3, -0.25) is 14.4 Å². The van der Waals surface area contributed by atoms with Crippen LogP contribution in [-0.4, -0.2) is 58.5 Å². The van der Waals surface area contributed by atoms with Gasteiger partial charge in [0.2, 0.25) is 5.91 Å². The first-order valence-electron chi connectivity index (χ1n) is 13.2. The van der Waals surface area contributed by atoms with Gasteiger partial charge in [0.05, 0.1) is 6.04 Å². The highest BCUT2D eigenvalue weighted by Crippen LogP contribution is 2.19. The number of nitrogens with two attached hydrogens (primary N) is 1. The molecule has 0 aromatic carbocycles. The van der Waals surface area contributed by atoms with E-state index in [2.05, 4.69) is 12.2 Å². The van der Waals surface area contributed by atoms with Gasteiger partial charge in [-0.25, -0.2) is 4.79 Å². The summed E-state index contributed by atoms with van der Waals surface area (Å²) in [6.45, 7) is 7.52. The van der Waals surface area contributed by atoms with Gasteiger partial charge in [-0.1, -0.05) is 51.9 Å². The van der Waals surface area contributed by atoms with Crippen LogP contribution in [0.2, 0.25) is 0 Å². The molecule has 0 radical (unpaired) electrons. The van der Waals surface area contributed by atoms with Crippen molar-refractivity contribution in [3.05, 3.63) is 0 Å². The fraction of sp³-hybridized carbons (Fsp3) is 0.846. The third kappa shape index (κ3) is 19.0. The minimum atomic E-state index is -1.27. The Bertz CT molecular complexity index is 663. The van der Waals surface area contributed by atoms with E-state index < -0.39 is 47.6 Å². The molecule has 0 aliphatic heterocycles. The van der Waals surface area contributed by atoms with E-state index in [9.17, 15) is 24.3 Å². The number of amides is 2. The van der Waals surface area contributed by atoms with E-state index >= 15 is 0 Å². The lowest BCUT2D eigenvalue weighted by Crippen LogP contribution is -2.46. The number of aliphatic carboxylic acids is 1. The Morgan fingerprint density at radius 1 is 0.944 bits per heavy atom. The zero-order chi connectivity index (χ0) is 27.6. The number of ether oxygens (including phenoxy) is 2. The van der Waals surface area contributed by atoms with Gasteiger partial charge in [0.25, 0.3) is 0 Å². The van der Waals surface area contributed by atoms with E-state index in [-0.39, 0.29) is 32.1 Å². The summed E-state index contributed by atoms with van der Waals surface area (Å²) in [4.78, 5) is 48.0. The minimum Gasteiger partial charge on any atom is -0.481 e. The number of aliphatic hydroxyl groups excluding tert-OH is 1. The van der Waals surface area contributed by atoms with Crippen LogP contribution >= 0.6 is 0 Å². The summed E-state index contributed by atoms with van der Waals surface area (Å²) < 4.78 is 10.7. The Morgan fingerprint density at radius 2 is 1.53 bits per heavy atom. The first-order chi connectivity index (χ1) is 16.9. The minimum absolute atomic E-state index is 0.0366. The molecule has 0 aromatic heterocycles. The number of nitrogens with one attached hydrogen (secondary N) is 1. The van der Waals surface area contributed by atoms with Crippen molar-refractivity contribution in [2.45, 2.75) is 129 Å². The second-order valence-corrected chi connectivity index (χ2v) is 10.3. The van der Waals surface area contributed by atoms with Crippen LogP contribution in [0.4, 0.5) is 4.79 Å². The third-order valence-electron chi connectivity index (χ3n) is 5.56. The van der Waals surface area contributed by atoms with Crippen LogP contribution in [0.3, 0.4) is 0 Å². The Hall–Kier alpha value is -2.20. The van der Waals surface area contributed by atoms with Crippen molar-refractivity contribution in [3.63, 3.8) is 0 Å². The number of ketones is 1. The van der Waals surface area contributed by atoms with Crippen LogP contribution in [0, 0.1) is 5.92 Å². The Kier molecular flexibility index (Phi) is 17.8. The van der Waals surface area contributed by atoms with Gasteiger partial charge in [-0.2, -0.15) is 0 Å². The SMILES string of the molecule is CCCCCCCCCCOC(O)C[C@@H](CC(N)=O)C(=O)[C@H](CCCC(=O)O)NC(=O)OC(C)(C)C. The maximum atomic E-state index is 13.2. The van der Waals surface area contributed by atoms with Gasteiger partial charge in [0.1, 0.15) is 5.60 Å². The van der Waals surface area contributed by atoms with Crippen molar-refractivity contribution in [2.24, 2.45) is 11.7 Å². The highest BCUT2D eigenvalue weighted by Gasteiger charge is 2.32. The molecule has 10 heteroatoms. The van der Waals surface area contributed by atoms with Crippen LogP contribution in [0.5, 0.6) is 0 Å². The molecule has 2 amide bonds. The molecule has 36 heavy (non-hydrogen) atoms. The molecule has 0 rings (SSSR count). The Morgan fingerprint density at radius 3 is 2.06 bits per heavy atom. The number of carboxylic acids is 1. The quantitative estimate of drug-likeness (QED) is 0.131. The number of aliphatic hydroxyl groups is 1. The van der Waals surface area contributed by atoms with E-state index in [4.69, 9.17) is 20.3 Å². The normalized spacial score (nSPS) is 14.0. The molecule has 5 N–H and O–H groups in total. The number of hydrogen-bond donors (Lipinski definition) is 4. The molecule has 0 aliphatic rings. The second kappa shape index (κ2) is 19.0. The Balaban J connectivity index is 4.93. The fourth-order valence-electron chi connectivity index (χ4n) is 3.79. The summed E-state index contributed by atoms with van der Waals surface area (Å²) in [7, 11) is 0. The highest BCUT2D eigenvalue weighted by atomic mass is 16.6. The predicted molar refractivity (Wildman–Crippen MR) is 136 cm³/mol. The topological polar surface area (TPSA) is 165 Å². The molecule has 0 aliphatic carbocycles. The van der Waals surface area contributed by atoms with Crippen molar-refractivity contribution >= 4 is 23.8 Å². The number of primary amides is 1. The number of alkyl carbamates (subject to hydrolysis) is 1. The smallest absolute Gasteiger partial charge is 0.408 e. The van der Waals surface area contributed by atoms with Crippen LogP contribution in [0.1, 0.15) is 111 Å². The lowest BCUT2D eigenvalue weighted by atomic mass is 9.89. The number of carbonyl (C=O) groups excluding carboxylic acids is 3. The van der Waals surface area contributed by atoms with Gasteiger partial charge >= 0.3 is 12.1 Å². The highest BCUT2D eigenvalue weighted by molar-refractivity contribution is 5.92. The summed E-state index contributed by atoms with van der Waals surface area (Å²) in [5, 5.41) is 21.7. The maximum Gasteiger partial charge on any atom is 0.408 e. The number of Topliss-reactive ketones (excluding diaryl/α,β-unsaturated/α-hetero) is 1. The lowest BCUT2D eigenvalue weighted by Gasteiger charge is -2.26. The van der Waals surface area contributed by atoms with Crippen molar-refractivity contribution in [1.82, 2.24) is 5.32 Å². The van der Waals surface area contributed by atoms with Crippen LogP contribution in [0.25, 0.3) is 0 Å². The van der Waals surface area contributed by atoms with Gasteiger partial charge < -0.3 is 30.7 Å². The molecule has 0 saturated carbocycles. The molecule has 0 bridgehead atoms. The molecule has 0 heterocycles. The molecule has 1 unspecified atom stereocenters.